The minimum atomic E-state index is -0.504. The first kappa shape index (κ1) is 11.8. The number of nitriles is 1. The van der Waals surface area contributed by atoms with E-state index in [1.54, 1.807) is 6.92 Å². The zero-order valence-electron chi connectivity index (χ0n) is 7.95. The number of aromatic hydroxyl groups is 1. The van der Waals surface area contributed by atoms with Crippen LogP contribution in [0, 0.1) is 14.9 Å². The molecule has 0 aromatic heterocycles. The number of hydrogen-bond donors (Lipinski definition) is 1. The molecule has 0 bridgehead atoms. The molecule has 0 atom stereocenters. The lowest BCUT2D eigenvalue weighted by atomic mass is 10.1. The lowest BCUT2D eigenvalue weighted by Gasteiger charge is -2.04. The Labute approximate surface area is 101 Å². The summed E-state index contributed by atoms with van der Waals surface area (Å²) in [5.41, 5.74) is 0.418. The van der Waals surface area contributed by atoms with Crippen LogP contribution in [0.25, 0.3) is 0 Å². The van der Waals surface area contributed by atoms with E-state index in [-0.39, 0.29) is 23.5 Å². The van der Waals surface area contributed by atoms with E-state index in [1.807, 2.05) is 28.7 Å². The number of halogens is 1. The monoisotopic (exact) mass is 317 g/mol. The third-order valence-corrected chi connectivity index (χ3v) is 2.54. The van der Waals surface area contributed by atoms with Crippen LogP contribution in [-0.2, 0) is 4.74 Å². The minimum absolute atomic E-state index is 0.170. The summed E-state index contributed by atoms with van der Waals surface area (Å²) in [5.74, 6) is -0.706. The highest BCUT2D eigenvalue weighted by molar-refractivity contribution is 14.1. The fourth-order valence-corrected chi connectivity index (χ4v) is 1.77. The third kappa shape index (κ3) is 2.59. The summed E-state index contributed by atoms with van der Waals surface area (Å²) < 4.78 is 5.30. The molecule has 1 N–H and O–H groups in total. The molecule has 0 aliphatic heterocycles. The summed E-state index contributed by atoms with van der Waals surface area (Å²) in [5, 5.41) is 18.2. The Bertz CT molecular complexity index is 414. The predicted molar refractivity (Wildman–Crippen MR) is 61.5 cm³/mol. The molecule has 0 spiro atoms. The van der Waals surface area contributed by atoms with Gasteiger partial charge in [-0.25, -0.2) is 4.79 Å². The van der Waals surface area contributed by atoms with Gasteiger partial charge in [0.25, 0.3) is 0 Å². The van der Waals surface area contributed by atoms with Crippen molar-refractivity contribution in [3.05, 3.63) is 26.8 Å². The molecule has 0 aliphatic carbocycles. The SMILES string of the molecule is CCOC(=O)c1cc(O)c(C#N)c(I)c1. The molecule has 4 nitrogen and oxygen atoms in total. The van der Waals surface area contributed by atoms with Crippen LogP contribution in [0.1, 0.15) is 22.8 Å². The van der Waals surface area contributed by atoms with E-state index in [1.165, 1.54) is 12.1 Å². The largest absolute Gasteiger partial charge is 0.507 e. The fraction of sp³-hybridized carbons (Fsp3) is 0.200. The first-order chi connectivity index (χ1) is 7.10. The molecular formula is C10H8INO3. The number of phenolic OH excluding ortho intramolecular Hbond substituents is 1. The number of ether oxygens (including phenoxy) is 1. The van der Waals surface area contributed by atoms with Crippen LogP contribution in [-0.4, -0.2) is 17.7 Å². The standard InChI is InChI=1S/C10H8INO3/c1-2-15-10(14)6-3-8(11)7(5-12)9(13)4-6/h3-4,13H,2H2,1H3. The number of rotatable bonds is 2. The molecule has 0 saturated heterocycles. The van der Waals surface area contributed by atoms with Gasteiger partial charge in [-0.15, -0.1) is 0 Å². The van der Waals surface area contributed by atoms with Gasteiger partial charge in [0.05, 0.1) is 12.2 Å². The number of esters is 1. The van der Waals surface area contributed by atoms with E-state index in [9.17, 15) is 9.90 Å². The Morgan fingerprint density at radius 3 is 2.80 bits per heavy atom. The van der Waals surface area contributed by atoms with Crippen LogP contribution < -0.4 is 0 Å². The zero-order valence-corrected chi connectivity index (χ0v) is 10.1. The molecule has 15 heavy (non-hydrogen) atoms. The maximum absolute atomic E-state index is 11.3. The first-order valence-electron chi connectivity index (χ1n) is 4.19. The molecule has 5 heteroatoms. The number of carbonyl (C=O) groups excluding carboxylic acids is 1. The Morgan fingerprint density at radius 2 is 2.33 bits per heavy atom. The maximum Gasteiger partial charge on any atom is 0.338 e. The van der Waals surface area contributed by atoms with Gasteiger partial charge in [-0.2, -0.15) is 5.26 Å². The number of hydrogen-bond acceptors (Lipinski definition) is 4. The zero-order chi connectivity index (χ0) is 11.4. The van der Waals surface area contributed by atoms with Crippen LogP contribution in [0.4, 0.5) is 0 Å². The van der Waals surface area contributed by atoms with Crippen LogP contribution in [0.2, 0.25) is 0 Å². The van der Waals surface area contributed by atoms with Crippen molar-refractivity contribution in [3.8, 4) is 11.8 Å². The molecule has 0 heterocycles. The lowest BCUT2D eigenvalue weighted by molar-refractivity contribution is 0.0526. The summed E-state index contributed by atoms with van der Waals surface area (Å²) in [6.45, 7) is 1.97. The number of carbonyl (C=O) groups is 1. The second-order valence-electron chi connectivity index (χ2n) is 2.68. The normalized spacial score (nSPS) is 9.40. The van der Waals surface area contributed by atoms with Crippen molar-refractivity contribution < 1.29 is 14.6 Å². The second-order valence-corrected chi connectivity index (χ2v) is 3.85. The van der Waals surface area contributed by atoms with Gasteiger partial charge in [0.2, 0.25) is 0 Å². The number of nitrogens with zero attached hydrogens (tertiary/aromatic N) is 1. The first-order valence-corrected chi connectivity index (χ1v) is 5.27. The predicted octanol–water partition coefficient (Wildman–Crippen LogP) is 2.05. The minimum Gasteiger partial charge on any atom is -0.507 e. The quantitative estimate of drug-likeness (QED) is 0.669. The summed E-state index contributed by atoms with van der Waals surface area (Å²) in [4.78, 5) is 11.3. The van der Waals surface area contributed by atoms with Gasteiger partial charge in [-0.3, -0.25) is 0 Å². The molecular weight excluding hydrogens is 309 g/mol. The Hall–Kier alpha value is -1.29. The van der Waals surface area contributed by atoms with Gasteiger partial charge in [-0.05, 0) is 41.6 Å². The molecule has 0 fully saturated rings. The van der Waals surface area contributed by atoms with Gasteiger partial charge in [0, 0.05) is 3.57 Å². The molecule has 0 radical (unpaired) electrons. The summed E-state index contributed by atoms with van der Waals surface area (Å²) in [6, 6.07) is 4.60. The topological polar surface area (TPSA) is 70.3 Å². The number of benzene rings is 1. The average molecular weight is 317 g/mol. The van der Waals surface area contributed by atoms with Gasteiger partial charge in [-0.1, -0.05) is 0 Å². The molecule has 0 unspecified atom stereocenters. The maximum atomic E-state index is 11.3. The van der Waals surface area contributed by atoms with Crippen molar-refractivity contribution in [3.63, 3.8) is 0 Å². The van der Waals surface area contributed by atoms with Crippen molar-refractivity contribution >= 4 is 28.6 Å². The van der Waals surface area contributed by atoms with Crippen molar-refractivity contribution in [2.45, 2.75) is 6.92 Å². The van der Waals surface area contributed by atoms with Crippen LogP contribution in [0.15, 0.2) is 12.1 Å². The lowest BCUT2D eigenvalue weighted by Crippen LogP contribution is -2.05. The van der Waals surface area contributed by atoms with Gasteiger partial charge >= 0.3 is 5.97 Å². The van der Waals surface area contributed by atoms with Crippen molar-refractivity contribution in [2.24, 2.45) is 0 Å². The van der Waals surface area contributed by atoms with Crippen molar-refractivity contribution in [1.29, 1.82) is 5.26 Å². The van der Waals surface area contributed by atoms with Crippen molar-refractivity contribution in [1.82, 2.24) is 0 Å². The highest BCUT2D eigenvalue weighted by Crippen LogP contribution is 2.24. The van der Waals surface area contributed by atoms with E-state index in [4.69, 9.17) is 10.00 Å². The van der Waals surface area contributed by atoms with Crippen LogP contribution in [0.5, 0.6) is 5.75 Å². The second kappa shape index (κ2) is 4.98. The van der Waals surface area contributed by atoms with E-state index in [0.29, 0.717) is 3.57 Å². The summed E-state index contributed by atoms with van der Waals surface area (Å²) in [7, 11) is 0. The van der Waals surface area contributed by atoms with E-state index in [0.717, 1.165) is 0 Å². The number of phenols is 1. The van der Waals surface area contributed by atoms with Crippen LogP contribution >= 0.6 is 22.6 Å². The molecule has 1 rings (SSSR count). The third-order valence-electron chi connectivity index (χ3n) is 1.69. The average Bonchev–Trinajstić information content (AvgIpc) is 2.17. The Kier molecular flexibility index (Phi) is 3.91. The van der Waals surface area contributed by atoms with E-state index < -0.39 is 5.97 Å². The smallest absolute Gasteiger partial charge is 0.338 e. The van der Waals surface area contributed by atoms with Gasteiger partial charge in [0.15, 0.2) is 0 Å². The highest BCUT2D eigenvalue weighted by atomic mass is 127. The molecule has 0 saturated carbocycles. The molecule has 78 valence electrons. The summed E-state index contributed by atoms with van der Waals surface area (Å²) in [6.07, 6.45) is 0. The molecule has 0 aliphatic rings. The van der Waals surface area contributed by atoms with Gasteiger partial charge in [0.1, 0.15) is 17.4 Å². The fourth-order valence-electron chi connectivity index (χ4n) is 1.04. The van der Waals surface area contributed by atoms with E-state index in [2.05, 4.69) is 0 Å². The summed E-state index contributed by atoms with van der Waals surface area (Å²) >= 11 is 1.88. The van der Waals surface area contributed by atoms with Crippen LogP contribution in [0.3, 0.4) is 0 Å². The highest BCUT2D eigenvalue weighted by Gasteiger charge is 2.13. The Morgan fingerprint density at radius 1 is 1.67 bits per heavy atom. The molecule has 0 amide bonds. The van der Waals surface area contributed by atoms with Gasteiger partial charge < -0.3 is 9.84 Å². The molecule has 1 aromatic carbocycles. The van der Waals surface area contributed by atoms with Crippen molar-refractivity contribution in [2.75, 3.05) is 6.61 Å². The molecule has 1 aromatic rings. The Balaban J connectivity index is 3.15. The van der Waals surface area contributed by atoms with E-state index >= 15 is 0 Å².